The second-order valence-corrected chi connectivity index (χ2v) is 15.3. The highest BCUT2D eigenvalue weighted by atomic mass is 15.0. The second-order valence-electron chi connectivity index (χ2n) is 15.3. The van der Waals surface area contributed by atoms with Crippen molar-refractivity contribution in [3.63, 3.8) is 0 Å². The monoisotopic (exact) mass is 618 g/mol. The van der Waals surface area contributed by atoms with Gasteiger partial charge in [-0.2, -0.15) is 0 Å². The summed E-state index contributed by atoms with van der Waals surface area (Å²) in [6.45, 7) is 9.73. The fourth-order valence-electron chi connectivity index (χ4n) is 8.87. The molecule has 0 atom stereocenters. The van der Waals surface area contributed by atoms with Crippen molar-refractivity contribution in [3.8, 4) is 11.4 Å². The van der Waals surface area contributed by atoms with E-state index in [1.54, 1.807) is 0 Å². The summed E-state index contributed by atoms with van der Waals surface area (Å²) >= 11 is 0. The van der Waals surface area contributed by atoms with Crippen LogP contribution in [-0.4, -0.2) is 9.13 Å². The van der Waals surface area contributed by atoms with Crippen LogP contribution in [0.2, 0.25) is 0 Å². The van der Waals surface area contributed by atoms with Gasteiger partial charge in [0.25, 0.3) is 0 Å². The summed E-state index contributed by atoms with van der Waals surface area (Å²) in [5.74, 6) is 0. The van der Waals surface area contributed by atoms with Crippen LogP contribution < -0.4 is 0 Å². The number of hydrogen-bond donors (Lipinski definition) is 0. The first-order chi connectivity index (χ1) is 23.3. The Morgan fingerprint density at radius 2 is 0.979 bits per heavy atom. The molecule has 0 amide bonds. The van der Waals surface area contributed by atoms with Crippen LogP contribution in [-0.2, 0) is 10.8 Å². The van der Waals surface area contributed by atoms with E-state index >= 15 is 0 Å². The van der Waals surface area contributed by atoms with Gasteiger partial charge in [0.05, 0.1) is 27.8 Å². The summed E-state index contributed by atoms with van der Waals surface area (Å²) < 4.78 is 5.05. The molecule has 0 radical (unpaired) electrons. The zero-order valence-electron chi connectivity index (χ0n) is 28.0. The first-order valence-corrected chi connectivity index (χ1v) is 17.3. The minimum atomic E-state index is 0.126. The average molecular weight is 619 g/mol. The van der Waals surface area contributed by atoms with Crippen molar-refractivity contribution >= 4 is 65.2 Å². The summed E-state index contributed by atoms with van der Waals surface area (Å²) in [4.78, 5) is 0. The standard InChI is InChI=1S/C46H38N2/c1-45(2)23-24-46(3,4)38-28-43-34(25-37(38)45)35-26-42-36(27-41(35)47(43)31-16-6-5-7-17-31)44-33-19-11-9-14-30(33)21-22-40(44)48(42)39-20-12-15-29-13-8-10-18-32(29)39/h5-22,25-28H,23-24H2,1-4H3. The third-order valence-corrected chi connectivity index (χ3v) is 11.5. The molecule has 0 fully saturated rings. The fraction of sp³-hybridized carbons (Fsp3) is 0.174. The summed E-state index contributed by atoms with van der Waals surface area (Å²) in [5, 5.41) is 10.3. The predicted octanol–water partition coefficient (Wildman–Crippen LogP) is 12.5. The van der Waals surface area contributed by atoms with E-state index in [1.807, 2.05) is 0 Å². The zero-order valence-corrected chi connectivity index (χ0v) is 28.0. The molecule has 0 unspecified atom stereocenters. The molecule has 0 aliphatic heterocycles. The minimum absolute atomic E-state index is 0.126. The van der Waals surface area contributed by atoms with Crippen LogP contribution in [0.15, 0.2) is 133 Å². The minimum Gasteiger partial charge on any atom is -0.309 e. The molecular formula is C46H38N2. The molecule has 0 bridgehead atoms. The van der Waals surface area contributed by atoms with Gasteiger partial charge in [-0.25, -0.2) is 0 Å². The van der Waals surface area contributed by atoms with Gasteiger partial charge in [-0.15, -0.1) is 0 Å². The molecule has 2 heterocycles. The van der Waals surface area contributed by atoms with E-state index in [4.69, 9.17) is 0 Å². The Morgan fingerprint density at radius 1 is 0.417 bits per heavy atom. The van der Waals surface area contributed by atoms with Gasteiger partial charge in [0.15, 0.2) is 0 Å². The first-order valence-electron chi connectivity index (χ1n) is 17.3. The van der Waals surface area contributed by atoms with Crippen molar-refractivity contribution in [3.05, 3.63) is 145 Å². The number of hydrogen-bond acceptors (Lipinski definition) is 0. The molecule has 48 heavy (non-hydrogen) atoms. The van der Waals surface area contributed by atoms with Gasteiger partial charge in [-0.3, -0.25) is 0 Å². The van der Waals surface area contributed by atoms with Gasteiger partial charge in [-0.1, -0.05) is 113 Å². The second kappa shape index (κ2) is 9.61. The van der Waals surface area contributed by atoms with Crippen molar-refractivity contribution in [1.82, 2.24) is 9.13 Å². The van der Waals surface area contributed by atoms with Crippen molar-refractivity contribution in [2.45, 2.75) is 51.4 Å². The van der Waals surface area contributed by atoms with Crippen LogP contribution in [0.25, 0.3) is 76.5 Å². The average Bonchev–Trinajstić information content (AvgIpc) is 3.60. The van der Waals surface area contributed by atoms with Gasteiger partial charge in [-0.05, 0) is 99.5 Å². The summed E-state index contributed by atoms with van der Waals surface area (Å²) in [5.41, 5.74) is 10.7. The van der Waals surface area contributed by atoms with E-state index in [0.29, 0.717) is 0 Å². The van der Waals surface area contributed by atoms with Crippen molar-refractivity contribution < 1.29 is 0 Å². The Balaban J connectivity index is 1.44. The quantitative estimate of drug-likeness (QED) is 0.182. The Kier molecular flexibility index (Phi) is 5.55. The molecule has 1 aliphatic rings. The number of aromatic nitrogens is 2. The normalized spacial score (nSPS) is 15.7. The fourth-order valence-corrected chi connectivity index (χ4v) is 8.87. The number of para-hydroxylation sites is 1. The largest absolute Gasteiger partial charge is 0.309 e. The number of fused-ring (bicyclic) bond motifs is 10. The van der Waals surface area contributed by atoms with E-state index in [0.717, 1.165) is 0 Å². The molecule has 2 nitrogen and oxygen atoms in total. The number of rotatable bonds is 2. The Labute approximate surface area is 280 Å². The zero-order chi connectivity index (χ0) is 32.4. The topological polar surface area (TPSA) is 9.86 Å². The van der Waals surface area contributed by atoms with Crippen molar-refractivity contribution in [1.29, 1.82) is 0 Å². The SMILES string of the molecule is CC1(C)CCC(C)(C)c2cc3c(cc21)c1cc2c(cc1n3-c1ccccc1)c1c3ccccc3ccc1n2-c1cccc2ccccc12. The molecule has 1 aliphatic carbocycles. The predicted molar refractivity (Wildman–Crippen MR) is 205 cm³/mol. The van der Waals surface area contributed by atoms with Gasteiger partial charge in [0.1, 0.15) is 0 Å². The summed E-state index contributed by atoms with van der Waals surface area (Å²) in [6, 6.07) is 50.0. The Hall–Kier alpha value is -5.34. The van der Waals surface area contributed by atoms with Crippen molar-refractivity contribution in [2.24, 2.45) is 0 Å². The first kappa shape index (κ1) is 27.7. The molecule has 10 rings (SSSR count). The van der Waals surface area contributed by atoms with Crippen LogP contribution in [0.3, 0.4) is 0 Å². The lowest BCUT2D eigenvalue weighted by Crippen LogP contribution is -2.33. The van der Waals surface area contributed by atoms with Crippen LogP contribution >= 0.6 is 0 Å². The third kappa shape index (κ3) is 3.75. The van der Waals surface area contributed by atoms with Gasteiger partial charge < -0.3 is 9.13 Å². The molecule has 0 saturated carbocycles. The molecule has 7 aromatic carbocycles. The number of nitrogens with zero attached hydrogens (tertiary/aromatic N) is 2. The molecule has 2 heteroatoms. The van der Waals surface area contributed by atoms with Crippen LogP contribution in [0.1, 0.15) is 51.7 Å². The van der Waals surface area contributed by atoms with Crippen LogP contribution in [0.4, 0.5) is 0 Å². The molecule has 2 aromatic heterocycles. The van der Waals surface area contributed by atoms with Crippen LogP contribution in [0.5, 0.6) is 0 Å². The molecule has 0 spiro atoms. The van der Waals surface area contributed by atoms with Gasteiger partial charge >= 0.3 is 0 Å². The number of benzene rings is 7. The third-order valence-electron chi connectivity index (χ3n) is 11.5. The Morgan fingerprint density at radius 3 is 1.75 bits per heavy atom. The Bertz CT molecular complexity index is 2770. The molecular weight excluding hydrogens is 581 g/mol. The molecule has 0 saturated heterocycles. The lowest BCUT2D eigenvalue weighted by molar-refractivity contribution is 0.332. The van der Waals surface area contributed by atoms with Crippen molar-refractivity contribution in [2.75, 3.05) is 0 Å². The highest BCUT2D eigenvalue weighted by molar-refractivity contribution is 6.25. The van der Waals surface area contributed by atoms with E-state index in [-0.39, 0.29) is 10.8 Å². The summed E-state index contributed by atoms with van der Waals surface area (Å²) in [6.07, 6.45) is 2.39. The smallest absolute Gasteiger partial charge is 0.0549 e. The van der Waals surface area contributed by atoms with E-state index in [9.17, 15) is 0 Å². The highest BCUT2D eigenvalue weighted by Crippen LogP contribution is 2.49. The van der Waals surface area contributed by atoms with Crippen LogP contribution in [0, 0.1) is 0 Å². The maximum atomic E-state index is 2.56. The molecule has 232 valence electrons. The van der Waals surface area contributed by atoms with Gasteiger partial charge in [0.2, 0.25) is 0 Å². The lowest BCUT2D eigenvalue weighted by Gasteiger charge is -2.42. The van der Waals surface area contributed by atoms with E-state index in [2.05, 4.69) is 170 Å². The van der Waals surface area contributed by atoms with E-state index in [1.165, 1.54) is 100 Å². The molecule has 0 N–H and O–H groups in total. The summed E-state index contributed by atoms with van der Waals surface area (Å²) in [7, 11) is 0. The lowest BCUT2D eigenvalue weighted by atomic mass is 9.63. The highest BCUT2D eigenvalue weighted by Gasteiger charge is 2.38. The van der Waals surface area contributed by atoms with E-state index < -0.39 is 0 Å². The van der Waals surface area contributed by atoms with Gasteiger partial charge in [0, 0.05) is 32.6 Å². The maximum Gasteiger partial charge on any atom is 0.0549 e. The molecule has 9 aromatic rings. The maximum absolute atomic E-state index is 2.56.